The Balaban J connectivity index is 1.57. The molecule has 0 aliphatic heterocycles. The number of anilines is 1. The summed E-state index contributed by atoms with van der Waals surface area (Å²) in [5, 5.41) is 19.5. The van der Waals surface area contributed by atoms with E-state index in [1.54, 1.807) is 16.8 Å². The van der Waals surface area contributed by atoms with Crippen molar-refractivity contribution in [3.63, 3.8) is 0 Å². The zero-order valence-corrected chi connectivity index (χ0v) is 17.6. The van der Waals surface area contributed by atoms with Gasteiger partial charge in [0.05, 0.1) is 14.7 Å². The first-order valence-corrected chi connectivity index (χ1v) is 11.4. The number of nitro benzene ring substituents is 1. The normalized spacial score (nSPS) is 11.0. The fourth-order valence-electron chi connectivity index (χ4n) is 2.61. The monoisotopic (exact) mass is 459 g/mol. The number of nitrogens with one attached hydrogen (secondary N) is 2. The summed E-state index contributed by atoms with van der Waals surface area (Å²) in [6.45, 7) is 0.160. The molecule has 2 N–H and O–H groups in total. The number of carbonyl (C=O) groups is 2. The Hall–Kier alpha value is -3.57. The summed E-state index contributed by atoms with van der Waals surface area (Å²) >= 11 is 1.40. The maximum Gasteiger partial charge on any atom is 0.269 e. The number of carbonyl (C=O) groups excluding carboxylic acids is 2. The third-order valence-electron chi connectivity index (χ3n) is 4.23. The Kier molecular flexibility index (Phi) is 6.78. The minimum Gasteiger partial charge on any atom is -0.351 e. The van der Waals surface area contributed by atoms with Crippen LogP contribution in [0, 0.1) is 10.1 Å². The molecule has 0 saturated heterocycles. The highest BCUT2D eigenvalue weighted by Crippen LogP contribution is 2.24. The van der Waals surface area contributed by atoms with Crippen LogP contribution in [0.5, 0.6) is 0 Å². The van der Waals surface area contributed by atoms with Crippen molar-refractivity contribution in [3.05, 3.63) is 81.0 Å². The lowest BCUT2D eigenvalue weighted by atomic mass is 10.3. The van der Waals surface area contributed by atoms with Crippen LogP contribution in [0.2, 0.25) is 0 Å². The molecule has 2 aromatic carbocycles. The molecule has 1 aromatic heterocycles. The van der Waals surface area contributed by atoms with Crippen molar-refractivity contribution in [2.45, 2.75) is 16.2 Å². The fourth-order valence-corrected chi connectivity index (χ4v) is 4.51. The molecule has 0 saturated carbocycles. The van der Waals surface area contributed by atoms with E-state index in [1.807, 2.05) is 0 Å². The van der Waals surface area contributed by atoms with Crippen molar-refractivity contribution < 1.29 is 22.9 Å². The molecule has 3 rings (SSSR count). The fraction of sp³-hybridized carbons (Fsp3) is 0.100. The quantitative estimate of drug-likeness (QED) is 0.392. The lowest BCUT2D eigenvalue weighted by Gasteiger charge is -2.08. The van der Waals surface area contributed by atoms with Crippen LogP contribution in [0.25, 0.3) is 0 Å². The van der Waals surface area contributed by atoms with Crippen molar-refractivity contribution in [1.29, 1.82) is 0 Å². The van der Waals surface area contributed by atoms with Crippen molar-refractivity contribution in [2.24, 2.45) is 0 Å². The highest BCUT2D eigenvalue weighted by Gasteiger charge is 2.19. The largest absolute Gasteiger partial charge is 0.351 e. The van der Waals surface area contributed by atoms with Gasteiger partial charge in [-0.15, -0.1) is 0 Å². The van der Waals surface area contributed by atoms with Crippen LogP contribution < -0.4 is 10.6 Å². The molecule has 11 heteroatoms. The standard InChI is InChI=1S/C20H17N3O6S2/c24-19(9-11-21-20(25)14-10-12-30-13-14)22-15-1-5-17(6-2-15)31(28,29)18-7-3-16(4-8-18)23(26)27/h1-8,10,12-13H,9,11H2,(H,21,25)(H,22,24). The Bertz CT molecular complexity index is 1190. The van der Waals surface area contributed by atoms with E-state index in [9.17, 15) is 28.1 Å². The molecule has 0 radical (unpaired) electrons. The summed E-state index contributed by atoms with van der Waals surface area (Å²) < 4.78 is 25.3. The molecule has 31 heavy (non-hydrogen) atoms. The van der Waals surface area contributed by atoms with Gasteiger partial charge in [-0.3, -0.25) is 19.7 Å². The number of nitro groups is 1. The third-order valence-corrected chi connectivity index (χ3v) is 6.70. The van der Waals surface area contributed by atoms with E-state index in [4.69, 9.17) is 0 Å². The van der Waals surface area contributed by atoms with Crippen molar-refractivity contribution in [1.82, 2.24) is 5.32 Å². The molecule has 0 unspecified atom stereocenters. The molecule has 0 aliphatic carbocycles. The second-order valence-corrected chi connectivity index (χ2v) is 9.07. The molecular weight excluding hydrogens is 442 g/mol. The molecule has 0 fully saturated rings. The molecule has 0 spiro atoms. The van der Waals surface area contributed by atoms with E-state index < -0.39 is 14.8 Å². The van der Waals surface area contributed by atoms with Crippen LogP contribution in [-0.2, 0) is 14.6 Å². The Labute approximate surface area is 181 Å². The average Bonchev–Trinajstić information content (AvgIpc) is 3.29. The Morgan fingerprint density at radius 2 is 1.58 bits per heavy atom. The maximum absolute atomic E-state index is 12.7. The molecule has 0 bridgehead atoms. The van der Waals surface area contributed by atoms with E-state index in [1.165, 1.54) is 47.7 Å². The van der Waals surface area contributed by atoms with E-state index in [-0.39, 0.29) is 40.3 Å². The average molecular weight is 460 g/mol. The Morgan fingerprint density at radius 3 is 2.13 bits per heavy atom. The molecule has 2 amide bonds. The number of rotatable bonds is 8. The van der Waals surface area contributed by atoms with Gasteiger partial charge in [-0.25, -0.2) is 8.42 Å². The number of nitrogens with zero attached hydrogens (tertiary/aromatic N) is 1. The highest BCUT2D eigenvalue weighted by atomic mass is 32.2. The van der Waals surface area contributed by atoms with Gasteiger partial charge in [0.1, 0.15) is 0 Å². The van der Waals surface area contributed by atoms with Gasteiger partial charge in [0.25, 0.3) is 11.6 Å². The first kappa shape index (κ1) is 22.1. The maximum atomic E-state index is 12.7. The van der Waals surface area contributed by atoms with Gasteiger partial charge in [0.2, 0.25) is 15.7 Å². The smallest absolute Gasteiger partial charge is 0.269 e. The number of non-ortho nitro benzene ring substituents is 1. The summed E-state index contributed by atoms with van der Waals surface area (Å²) in [6, 6.07) is 11.8. The van der Waals surface area contributed by atoms with E-state index in [0.29, 0.717) is 11.3 Å². The predicted molar refractivity (Wildman–Crippen MR) is 115 cm³/mol. The topological polar surface area (TPSA) is 135 Å². The van der Waals surface area contributed by atoms with Gasteiger partial charge >= 0.3 is 0 Å². The summed E-state index contributed by atoms with van der Waals surface area (Å²) in [7, 11) is -3.85. The molecule has 1 heterocycles. The number of benzene rings is 2. The SMILES string of the molecule is O=C(CCNC(=O)c1ccsc1)Nc1ccc(S(=O)(=O)c2ccc([N+](=O)[O-])cc2)cc1. The molecule has 0 atom stereocenters. The Morgan fingerprint density at radius 1 is 0.968 bits per heavy atom. The summed E-state index contributed by atoms with van der Waals surface area (Å²) in [4.78, 5) is 33.9. The lowest BCUT2D eigenvalue weighted by molar-refractivity contribution is -0.384. The third kappa shape index (κ3) is 5.53. The van der Waals surface area contributed by atoms with E-state index in [0.717, 1.165) is 12.1 Å². The van der Waals surface area contributed by atoms with Gasteiger partial charge in [0.15, 0.2) is 0 Å². The van der Waals surface area contributed by atoms with E-state index >= 15 is 0 Å². The zero-order valence-electron chi connectivity index (χ0n) is 16.0. The minimum atomic E-state index is -3.85. The lowest BCUT2D eigenvalue weighted by Crippen LogP contribution is -2.27. The van der Waals surface area contributed by atoms with Crippen molar-refractivity contribution in [2.75, 3.05) is 11.9 Å². The van der Waals surface area contributed by atoms with Gasteiger partial charge in [-0.2, -0.15) is 11.3 Å². The second-order valence-electron chi connectivity index (χ2n) is 6.34. The van der Waals surface area contributed by atoms with Gasteiger partial charge < -0.3 is 10.6 Å². The summed E-state index contributed by atoms with van der Waals surface area (Å²) in [5.74, 6) is -0.591. The van der Waals surface area contributed by atoms with Gasteiger partial charge in [-0.1, -0.05) is 0 Å². The minimum absolute atomic E-state index is 0.0117. The van der Waals surface area contributed by atoms with Crippen LogP contribution in [0.15, 0.2) is 75.1 Å². The second kappa shape index (κ2) is 9.49. The number of hydrogen-bond acceptors (Lipinski definition) is 7. The molecule has 3 aromatic rings. The first-order valence-electron chi connectivity index (χ1n) is 8.97. The van der Waals surface area contributed by atoms with Crippen molar-refractivity contribution >= 4 is 44.4 Å². The summed E-state index contributed by atoms with van der Waals surface area (Å²) in [5.41, 5.74) is 0.732. The number of thiophene rings is 1. The van der Waals surface area contributed by atoms with Crippen LogP contribution in [0.4, 0.5) is 11.4 Å². The number of sulfone groups is 1. The predicted octanol–water partition coefficient (Wildman–Crippen LogP) is 3.25. The number of hydrogen-bond donors (Lipinski definition) is 2. The molecule has 160 valence electrons. The van der Waals surface area contributed by atoms with Crippen LogP contribution >= 0.6 is 11.3 Å². The van der Waals surface area contributed by atoms with E-state index in [2.05, 4.69) is 10.6 Å². The van der Waals surface area contributed by atoms with Crippen LogP contribution in [-0.4, -0.2) is 31.7 Å². The highest BCUT2D eigenvalue weighted by molar-refractivity contribution is 7.91. The molecule has 9 nitrogen and oxygen atoms in total. The first-order chi connectivity index (χ1) is 14.8. The van der Waals surface area contributed by atoms with Gasteiger partial charge in [0, 0.05) is 41.7 Å². The van der Waals surface area contributed by atoms with Crippen LogP contribution in [0.1, 0.15) is 16.8 Å². The van der Waals surface area contributed by atoms with Gasteiger partial charge in [-0.05, 0) is 47.8 Å². The molecule has 0 aliphatic rings. The number of amides is 2. The van der Waals surface area contributed by atoms with Crippen molar-refractivity contribution in [3.8, 4) is 0 Å². The molecular formula is C20H17N3O6S2. The zero-order chi connectivity index (χ0) is 22.4. The van der Waals surface area contributed by atoms with Crippen LogP contribution in [0.3, 0.4) is 0 Å². The summed E-state index contributed by atoms with van der Waals surface area (Å²) in [6.07, 6.45) is 0.0543.